The van der Waals surface area contributed by atoms with Gasteiger partial charge in [-0.25, -0.2) is 19.3 Å². The minimum atomic E-state index is -4.82. The Morgan fingerprint density at radius 3 is 2.37 bits per heavy atom. The van der Waals surface area contributed by atoms with E-state index in [2.05, 4.69) is 30.9 Å². The number of hydrogen-bond acceptors (Lipinski definition) is 9. The summed E-state index contributed by atoms with van der Waals surface area (Å²) in [6.45, 7) is 6.84. The van der Waals surface area contributed by atoms with Gasteiger partial charge in [0.05, 0.1) is 24.1 Å². The lowest BCUT2D eigenvalue weighted by molar-refractivity contribution is -0.140. The van der Waals surface area contributed by atoms with Crippen molar-refractivity contribution in [3.63, 3.8) is 0 Å². The number of amides is 1. The number of benzene rings is 2. The summed E-state index contributed by atoms with van der Waals surface area (Å²) < 4.78 is 62.4. The predicted molar refractivity (Wildman–Crippen MR) is 158 cm³/mol. The maximum absolute atomic E-state index is 15.1. The summed E-state index contributed by atoms with van der Waals surface area (Å²) in [5.41, 5.74) is -0.244. The van der Waals surface area contributed by atoms with E-state index >= 15 is 4.39 Å². The lowest BCUT2D eigenvalue weighted by atomic mass is 10.1. The number of halogens is 4. The number of methoxy groups -OCH3 is 1. The zero-order chi connectivity index (χ0) is 30.9. The maximum Gasteiger partial charge on any atom is 0.434 e. The van der Waals surface area contributed by atoms with Crippen molar-refractivity contribution in [1.82, 2.24) is 20.3 Å². The van der Waals surface area contributed by atoms with Crippen molar-refractivity contribution in [3.8, 4) is 16.3 Å². The zero-order valence-corrected chi connectivity index (χ0v) is 24.5. The summed E-state index contributed by atoms with van der Waals surface area (Å²) >= 11 is 0.768. The summed E-state index contributed by atoms with van der Waals surface area (Å²) in [4.78, 5) is 27.1. The summed E-state index contributed by atoms with van der Waals surface area (Å²) in [6, 6.07) is 11.3. The first kappa shape index (κ1) is 30.2. The molecule has 3 heterocycles. The van der Waals surface area contributed by atoms with E-state index < -0.39 is 23.6 Å². The normalized spacial score (nSPS) is 17.1. The van der Waals surface area contributed by atoms with Crippen molar-refractivity contribution in [2.75, 3.05) is 35.7 Å². The molecule has 3 N–H and O–H groups in total. The number of piperazine rings is 1. The minimum Gasteiger partial charge on any atom is -0.497 e. The number of thiazole rings is 1. The average molecular weight is 616 g/mol. The molecule has 0 radical (unpaired) electrons. The molecule has 1 aliphatic heterocycles. The van der Waals surface area contributed by atoms with Crippen LogP contribution in [0.3, 0.4) is 0 Å². The van der Waals surface area contributed by atoms with Gasteiger partial charge in [0, 0.05) is 42.7 Å². The highest BCUT2D eigenvalue weighted by Crippen LogP contribution is 2.38. The molecular formula is C29H29F4N7O2S. The van der Waals surface area contributed by atoms with Gasteiger partial charge in [-0.3, -0.25) is 4.79 Å². The highest BCUT2D eigenvalue weighted by atomic mass is 32.1. The third kappa shape index (κ3) is 6.86. The van der Waals surface area contributed by atoms with Gasteiger partial charge < -0.3 is 25.6 Å². The average Bonchev–Trinajstić information content (AvgIpc) is 3.34. The van der Waals surface area contributed by atoms with Crippen LogP contribution >= 0.6 is 11.3 Å². The monoisotopic (exact) mass is 615 g/mol. The quantitative estimate of drug-likeness (QED) is 0.210. The van der Waals surface area contributed by atoms with Crippen LogP contribution < -0.4 is 25.6 Å². The standard InChI is InChI=1S/C29H29F4N7O2S/c1-15-13-40(14-16(2)35-15)23-10-7-19(11-22(23)30)37-26(41)24-17(3)36-27(43-24)21-12-34-28(39-25(21)29(31,32)33)38-18-5-8-20(42-4)9-6-18/h5-12,15-16,35H,13-14H2,1-4H3,(H,37,41)(H,34,38,39)/t15-,16+. The molecule has 0 bridgehead atoms. The molecular weight excluding hydrogens is 586 g/mol. The smallest absolute Gasteiger partial charge is 0.434 e. The molecule has 9 nitrogen and oxygen atoms in total. The first-order valence-electron chi connectivity index (χ1n) is 13.4. The van der Waals surface area contributed by atoms with E-state index in [1.165, 1.54) is 20.1 Å². The molecule has 2 aromatic carbocycles. The van der Waals surface area contributed by atoms with Crippen molar-refractivity contribution < 1.29 is 27.1 Å². The van der Waals surface area contributed by atoms with E-state index in [4.69, 9.17) is 4.74 Å². The largest absolute Gasteiger partial charge is 0.497 e. The third-order valence-corrected chi connectivity index (χ3v) is 7.93. The SMILES string of the molecule is COc1ccc(Nc2ncc(-c3nc(C)c(C(=O)Nc4ccc(N5C[C@@H](C)N[C@@H](C)C5)c(F)c4)s3)c(C(F)(F)F)n2)cc1. The van der Waals surface area contributed by atoms with E-state index in [-0.39, 0.29) is 44.9 Å². The Bertz CT molecular complexity index is 1620. The Hall–Kier alpha value is -4.30. The molecule has 43 heavy (non-hydrogen) atoms. The molecule has 0 aliphatic carbocycles. The van der Waals surface area contributed by atoms with Crippen LogP contribution in [0.25, 0.3) is 10.6 Å². The summed E-state index contributed by atoms with van der Waals surface area (Å²) in [5, 5.41) is 8.70. The van der Waals surface area contributed by atoms with Crippen molar-refractivity contribution in [3.05, 3.63) is 70.7 Å². The lowest BCUT2D eigenvalue weighted by Crippen LogP contribution is -2.54. The zero-order valence-electron chi connectivity index (χ0n) is 23.7. The number of aromatic nitrogens is 3. The van der Waals surface area contributed by atoms with Crippen LogP contribution in [0.5, 0.6) is 5.75 Å². The number of rotatable bonds is 7. The van der Waals surface area contributed by atoms with Crippen LogP contribution in [-0.4, -0.2) is 53.1 Å². The van der Waals surface area contributed by atoms with E-state index in [1.807, 2.05) is 18.7 Å². The van der Waals surface area contributed by atoms with Crippen LogP contribution in [0.2, 0.25) is 0 Å². The molecule has 0 spiro atoms. The fourth-order valence-electron chi connectivity index (χ4n) is 4.89. The van der Waals surface area contributed by atoms with Crippen molar-refractivity contribution in [1.29, 1.82) is 0 Å². The number of nitrogens with one attached hydrogen (secondary N) is 3. The Labute approximate surface area is 249 Å². The molecule has 1 amide bonds. The van der Waals surface area contributed by atoms with Gasteiger partial charge in [0.15, 0.2) is 5.69 Å². The van der Waals surface area contributed by atoms with Crippen LogP contribution in [0, 0.1) is 12.7 Å². The van der Waals surface area contributed by atoms with E-state index in [0.717, 1.165) is 17.5 Å². The van der Waals surface area contributed by atoms with Crippen LogP contribution in [0.4, 0.5) is 40.6 Å². The molecule has 0 unspecified atom stereocenters. The number of carbonyl (C=O) groups excluding carboxylic acids is 1. The molecule has 2 aromatic heterocycles. The van der Waals surface area contributed by atoms with Gasteiger partial charge >= 0.3 is 6.18 Å². The molecule has 1 fully saturated rings. The second kappa shape index (κ2) is 12.1. The molecule has 1 aliphatic rings. The summed E-state index contributed by atoms with van der Waals surface area (Å²) in [5.74, 6) is -0.789. The fourth-order valence-corrected chi connectivity index (χ4v) is 5.87. The van der Waals surface area contributed by atoms with E-state index in [0.29, 0.717) is 30.2 Å². The summed E-state index contributed by atoms with van der Waals surface area (Å²) in [6.07, 6.45) is -3.80. The number of carbonyl (C=O) groups is 1. The Balaban J connectivity index is 1.36. The van der Waals surface area contributed by atoms with Gasteiger partial charge in [-0.1, -0.05) is 0 Å². The van der Waals surface area contributed by atoms with E-state index in [1.54, 1.807) is 36.4 Å². The number of nitrogens with zero attached hydrogens (tertiary/aromatic N) is 4. The number of alkyl halides is 3. The molecule has 0 saturated carbocycles. The maximum atomic E-state index is 15.1. The molecule has 226 valence electrons. The Kier molecular flexibility index (Phi) is 8.51. The first-order valence-corrected chi connectivity index (χ1v) is 14.2. The van der Waals surface area contributed by atoms with Gasteiger partial charge in [0.25, 0.3) is 5.91 Å². The Morgan fingerprint density at radius 2 is 1.74 bits per heavy atom. The van der Waals surface area contributed by atoms with E-state index in [9.17, 15) is 18.0 Å². The lowest BCUT2D eigenvalue weighted by Gasteiger charge is -2.37. The Morgan fingerprint density at radius 1 is 1.07 bits per heavy atom. The van der Waals surface area contributed by atoms with Gasteiger partial charge in [0.1, 0.15) is 21.5 Å². The van der Waals surface area contributed by atoms with Gasteiger partial charge in [-0.2, -0.15) is 13.2 Å². The van der Waals surface area contributed by atoms with Crippen molar-refractivity contribution >= 4 is 40.3 Å². The number of aryl methyl sites for hydroxylation is 1. The molecule has 4 aromatic rings. The van der Waals surface area contributed by atoms with Crippen LogP contribution in [0.15, 0.2) is 48.7 Å². The van der Waals surface area contributed by atoms with Crippen LogP contribution in [-0.2, 0) is 6.18 Å². The van der Waals surface area contributed by atoms with Crippen LogP contribution in [0.1, 0.15) is 34.9 Å². The fraction of sp³-hybridized carbons (Fsp3) is 0.310. The summed E-state index contributed by atoms with van der Waals surface area (Å²) in [7, 11) is 1.50. The highest BCUT2D eigenvalue weighted by Gasteiger charge is 2.38. The van der Waals surface area contributed by atoms with Gasteiger partial charge in [-0.15, -0.1) is 11.3 Å². The molecule has 1 saturated heterocycles. The van der Waals surface area contributed by atoms with Crippen molar-refractivity contribution in [2.24, 2.45) is 0 Å². The van der Waals surface area contributed by atoms with Gasteiger partial charge in [0.2, 0.25) is 5.95 Å². The van der Waals surface area contributed by atoms with Gasteiger partial charge in [-0.05, 0) is 63.2 Å². The van der Waals surface area contributed by atoms with Crippen molar-refractivity contribution in [2.45, 2.75) is 39.0 Å². The number of ether oxygens (including phenoxy) is 1. The topological polar surface area (TPSA) is 104 Å². The molecule has 5 rings (SSSR count). The minimum absolute atomic E-state index is 0.0746. The molecule has 2 atom stereocenters. The first-order chi connectivity index (χ1) is 20.4. The second-order valence-electron chi connectivity index (χ2n) is 10.2. The number of anilines is 4. The molecule has 14 heteroatoms. The second-order valence-corrected chi connectivity index (χ2v) is 11.2. The number of hydrogen-bond donors (Lipinski definition) is 3. The highest BCUT2D eigenvalue weighted by molar-refractivity contribution is 7.17. The third-order valence-electron chi connectivity index (χ3n) is 6.74. The predicted octanol–water partition coefficient (Wildman–Crippen LogP) is 6.26.